The average molecular weight is 435 g/mol. The minimum absolute atomic E-state index is 0.0289. The van der Waals surface area contributed by atoms with Crippen LogP contribution in [0.4, 0.5) is 10.2 Å². The molecule has 1 aromatic heterocycles. The molecule has 0 spiro atoms. The molecule has 1 fully saturated rings. The van der Waals surface area contributed by atoms with Gasteiger partial charge in [0.2, 0.25) is 5.91 Å². The van der Waals surface area contributed by atoms with Gasteiger partial charge in [-0.05, 0) is 61.7 Å². The monoisotopic (exact) mass is 434 g/mol. The van der Waals surface area contributed by atoms with Crippen LogP contribution in [-0.2, 0) is 4.79 Å². The van der Waals surface area contributed by atoms with Gasteiger partial charge in [-0.25, -0.2) is 4.39 Å². The second-order valence-corrected chi connectivity index (χ2v) is 8.06. The van der Waals surface area contributed by atoms with E-state index in [0.29, 0.717) is 11.3 Å². The lowest BCUT2D eigenvalue weighted by Gasteiger charge is -2.32. The summed E-state index contributed by atoms with van der Waals surface area (Å²) in [4.78, 5) is 14.9. The van der Waals surface area contributed by atoms with Crippen molar-refractivity contribution < 1.29 is 13.9 Å². The minimum atomic E-state index is -0.297. The number of hydrogen-bond donors (Lipinski definition) is 1. The quantitative estimate of drug-likeness (QED) is 0.623. The first-order valence-electron chi connectivity index (χ1n) is 10.8. The van der Waals surface area contributed by atoms with E-state index >= 15 is 0 Å². The van der Waals surface area contributed by atoms with E-state index in [0.717, 1.165) is 43.1 Å². The minimum Gasteiger partial charge on any atom is -0.497 e. The number of amides is 1. The summed E-state index contributed by atoms with van der Waals surface area (Å²) < 4.78 is 18.7. The second-order valence-electron chi connectivity index (χ2n) is 8.06. The fourth-order valence-electron chi connectivity index (χ4n) is 3.99. The summed E-state index contributed by atoms with van der Waals surface area (Å²) in [5.74, 6) is 1.30. The first-order valence-corrected chi connectivity index (χ1v) is 10.8. The first-order chi connectivity index (χ1) is 15.5. The Morgan fingerprint density at radius 2 is 1.88 bits per heavy atom. The first kappa shape index (κ1) is 21.7. The summed E-state index contributed by atoms with van der Waals surface area (Å²) >= 11 is 0. The van der Waals surface area contributed by atoms with Gasteiger partial charge in [0.25, 0.3) is 0 Å². The van der Waals surface area contributed by atoms with Crippen molar-refractivity contribution in [3.63, 3.8) is 0 Å². The molecule has 1 atom stereocenters. The van der Waals surface area contributed by atoms with Crippen LogP contribution in [0, 0.1) is 11.7 Å². The molecule has 32 heavy (non-hydrogen) atoms. The predicted octanol–water partition coefficient (Wildman–Crippen LogP) is 4.39. The van der Waals surface area contributed by atoms with E-state index in [9.17, 15) is 9.18 Å². The lowest BCUT2D eigenvalue weighted by molar-refractivity contribution is -0.126. The SMILES string of the molecule is COc1cccc([C@H](C)NC(=O)C2CCN(c3ccc(-c4cccc(F)c4)nn3)CC2)c1. The fraction of sp³-hybridized carbons (Fsp3) is 0.320. The van der Waals surface area contributed by atoms with Crippen LogP contribution in [0.25, 0.3) is 11.3 Å². The number of piperidine rings is 1. The summed E-state index contributed by atoms with van der Waals surface area (Å²) in [6.07, 6.45) is 1.51. The van der Waals surface area contributed by atoms with Gasteiger partial charge < -0.3 is 15.0 Å². The van der Waals surface area contributed by atoms with Crippen molar-refractivity contribution in [2.45, 2.75) is 25.8 Å². The smallest absolute Gasteiger partial charge is 0.223 e. The molecule has 3 aromatic rings. The van der Waals surface area contributed by atoms with Crippen molar-refractivity contribution in [2.24, 2.45) is 5.92 Å². The van der Waals surface area contributed by atoms with Crippen LogP contribution in [0.3, 0.4) is 0 Å². The van der Waals surface area contributed by atoms with Crippen molar-refractivity contribution in [1.29, 1.82) is 0 Å². The Balaban J connectivity index is 1.32. The van der Waals surface area contributed by atoms with E-state index in [1.165, 1.54) is 12.1 Å². The maximum atomic E-state index is 13.4. The summed E-state index contributed by atoms with van der Waals surface area (Å²) in [7, 11) is 1.63. The lowest BCUT2D eigenvalue weighted by atomic mass is 9.95. The number of carbonyl (C=O) groups is 1. The molecule has 0 aliphatic carbocycles. The van der Waals surface area contributed by atoms with E-state index < -0.39 is 0 Å². The molecule has 6 nitrogen and oxygen atoms in total. The lowest BCUT2D eigenvalue weighted by Crippen LogP contribution is -2.41. The van der Waals surface area contributed by atoms with Crippen LogP contribution in [0.15, 0.2) is 60.7 Å². The Kier molecular flexibility index (Phi) is 6.63. The van der Waals surface area contributed by atoms with Crippen molar-refractivity contribution in [3.05, 3.63) is 72.0 Å². The highest BCUT2D eigenvalue weighted by atomic mass is 19.1. The highest BCUT2D eigenvalue weighted by Crippen LogP contribution is 2.25. The molecule has 0 unspecified atom stereocenters. The van der Waals surface area contributed by atoms with E-state index in [-0.39, 0.29) is 23.7 Å². The fourth-order valence-corrected chi connectivity index (χ4v) is 3.99. The summed E-state index contributed by atoms with van der Waals surface area (Å²) in [5.41, 5.74) is 2.35. The molecule has 1 aliphatic rings. The van der Waals surface area contributed by atoms with Gasteiger partial charge in [-0.3, -0.25) is 4.79 Å². The molecular formula is C25H27FN4O2. The van der Waals surface area contributed by atoms with Crippen LogP contribution in [0.2, 0.25) is 0 Å². The maximum absolute atomic E-state index is 13.4. The molecule has 4 rings (SSSR count). The number of nitrogens with zero attached hydrogens (tertiary/aromatic N) is 3. The number of rotatable bonds is 6. The van der Waals surface area contributed by atoms with E-state index in [4.69, 9.17) is 4.74 Å². The Bertz CT molecular complexity index is 1070. The topological polar surface area (TPSA) is 67.3 Å². The molecule has 1 N–H and O–H groups in total. The number of halogens is 1. The zero-order chi connectivity index (χ0) is 22.5. The molecule has 7 heteroatoms. The molecule has 0 radical (unpaired) electrons. The van der Waals surface area contributed by atoms with Crippen molar-refractivity contribution in [2.75, 3.05) is 25.1 Å². The van der Waals surface area contributed by atoms with Crippen molar-refractivity contribution in [3.8, 4) is 17.0 Å². The van der Waals surface area contributed by atoms with E-state index in [2.05, 4.69) is 20.4 Å². The van der Waals surface area contributed by atoms with Gasteiger partial charge in [0.1, 0.15) is 11.6 Å². The maximum Gasteiger partial charge on any atom is 0.223 e. The number of ether oxygens (including phenoxy) is 1. The Morgan fingerprint density at radius 1 is 1.09 bits per heavy atom. The second kappa shape index (κ2) is 9.77. The molecular weight excluding hydrogens is 407 g/mol. The highest BCUT2D eigenvalue weighted by Gasteiger charge is 2.27. The normalized spacial score (nSPS) is 15.3. The third-order valence-electron chi connectivity index (χ3n) is 5.91. The van der Waals surface area contributed by atoms with E-state index in [1.807, 2.05) is 49.4 Å². The number of carbonyl (C=O) groups excluding carboxylic acids is 1. The van der Waals surface area contributed by atoms with Crippen molar-refractivity contribution in [1.82, 2.24) is 15.5 Å². The number of methoxy groups -OCH3 is 1. The van der Waals surface area contributed by atoms with Crippen LogP contribution in [0.1, 0.15) is 31.4 Å². The van der Waals surface area contributed by atoms with Gasteiger partial charge in [-0.2, -0.15) is 0 Å². The van der Waals surface area contributed by atoms with Gasteiger partial charge in [0.15, 0.2) is 5.82 Å². The third kappa shape index (κ3) is 5.04. The van der Waals surface area contributed by atoms with Gasteiger partial charge in [-0.15, -0.1) is 10.2 Å². The zero-order valence-corrected chi connectivity index (χ0v) is 18.3. The Morgan fingerprint density at radius 3 is 2.56 bits per heavy atom. The predicted molar refractivity (Wildman–Crippen MR) is 122 cm³/mol. The van der Waals surface area contributed by atoms with Gasteiger partial charge in [0.05, 0.1) is 18.8 Å². The van der Waals surface area contributed by atoms with Crippen molar-refractivity contribution >= 4 is 11.7 Å². The van der Waals surface area contributed by atoms with Gasteiger partial charge >= 0.3 is 0 Å². The molecule has 2 heterocycles. The van der Waals surface area contributed by atoms with Gasteiger partial charge in [-0.1, -0.05) is 24.3 Å². The number of hydrogen-bond acceptors (Lipinski definition) is 5. The Labute approximate surface area is 187 Å². The summed E-state index contributed by atoms with van der Waals surface area (Å²) in [6, 6.07) is 17.7. The molecule has 166 valence electrons. The standard InChI is InChI=1S/C25H27FN4O2/c1-17(19-5-4-8-22(16-19)32-2)27-25(31)18-11-13-30(14-12-18)24-10-9-23(28-29-24)20-6-3-7-21(26)15-20/h3-10,15-18H,11-14H2,1-2H3,(H,27,31)/t17-/m0/s1. The molecule has 1 amide bonds. The van der Waals surface area contributed by atoms with Crippen LogP contribution < -0.4 is 15.0 Å². The van der Waals surface area contributed by atoms with E-state index in [1.54, 1.807) is 13.2 Å². The largest absolute Gasteiger partial charge is 0.497 e. The van der Waals surface area contributed by atoms with Crippen LogP contribution in [0.5, 0.6) is 5.75 Å². The van der Waals surface area contributed by atoms with Crippen LogP contribution >= 0.6 is 0 Å². The molecule has 0 bridgehead atoms. The zero-order valence-electron chi connectivity index (χ0n) is 18.3. The number of benzene rings is 2. The number of aromatic nitrogens is 2. The van der Waals surface area contributed by atoms with Gasteiger partial charge in [0, 0.05) is 24.6 Å². The highest BCUT2D eigenvalue weighted by molar-refractivity contribution is 5.79. The number of nitrogens with one attached hydrogen (secondary N) is 1. The summed E-state index contributed by atoms with van der Waals surface area (Å²) in [5, 5.41) is 11.7. The number of anilines is 1. The molecule has 1 saturated heterocycles. The van der Waals surface area contributed by atoms with Crippen LogP contribution in [-0.4, -0.2) is 36.3 Å². The average Bonchev–Trinajstić information content (AvgIpc) is 2.84. The molecule has 2 aromatic carbocycles. The summed E-state index contributed by atoms with van der Waals surface area (Å²) in [6.45, 7) is 3.46. The Hall–Kier alpha value is -3.48. The molecule has 0 saturated carbocycles. The third-order valence-corrected chi connectivity index (χ3v) is 5.91. The molecule has 1 aliphatic heterocycles.